The molecule has 1 aliphatic heterocycles. The number of fused-ring (bicyclic) bond motifs is 1. The highest BCUT2D eigenvalue weighted by molar-refractivity contribution is 7.20. The average Bonchev–Trinajstić information content (AvgIpc) is 3.05. The highest BCUT2D eigenvalue weighted by Crippen LogP contribution is 2.29. The second-order valence-corrected chi connectivity index (χ2v) is 7.20. The van der Waals surface area contributed by atoms with E-state index in [9.17, 15) is 14.4 Å². The fourth-order valence-electron chi connectivity index (χ4n) is 2.96. The lowest BCUT2D eigenvalue weighted by Gasteiger charge is -2.30. The van der Waals surface area contributed by atoms with Crippen molar-refractivity contribution in [3.05, 3.63) is 29.1 Å². The largest absolute Gasteiger partial charge is 0.481 e. The molecule has 2 N–H and O–H groups in total. The first-order valence-corrected chi connectivity index (χ1v) is 9.29. The molecule has 26 heavy (non-hydrogen) atoms. The van der Waals surface area contributed by atoms with E-state index in [-0.39, 0.29) is 17.9 Å². The molecule has 0 saturated carbocycles. The number of benzene rings is 1. The zero-order valence-corrected chi connectivity index (χ0v) is 15.2. The van der Waals surface area contributed by atoms with E-state index in [1.165, 1.54) is 11.3 Å². The molecule has 0 aliphatic carbocycles. The molecule has 0 atom stereocenters. The number of esters is 1. The molecule has 138 valence electrons. The maximum atomic E-state index is 12.4. The number of carbonyl (C=O) groups is 3. The summed E-state index contributed by atoms with van der Waals surface area (Å²) in [6.45, 7) is 2.94. The Balaban J connectivity index is 1.66. The number of nitrogens with one attached hydrogen (secondary N) is 1. The number of hydrogen-bond acceptors (Lipinski definition) is 5. The van der Waals surface area contributed by atoms with Gasteiger partial charge in [0.15, 0.2) is 0 Å². The Morgan fingerprint density at radius 2 is 2.00 bits per heavy atom. The molecular formula is C18H20N2O5S. The fourth-order valence-corrected chi connectivity index (χ4v) is 3.89. The van der Waals surface area contributed by atoms with Crippen molar-refractivity contribution in [2.75, 3.05) is 25.0 Å². The topological polar surface area (TPSA) is 95.9 Å². The van der Waals surface area contributed by atoms with Gasteiger partial charge in [0, 0.05) is 23.5 Å². The second-order valence-electron chi connectivity index (χ2n) is 6.11. The molecule has 7 nitrogen and oxygen atoms in total. The quantitative estimate of drug-likeness (QED) is 0.797. The van der Waals surface area contributed by atoms with Crippen LogP contribution in [0.5, 0.6) is 0 Å². The number of rotatable bonds is 4. The Morgan fingerprint density at radius 3 is 2.65 bits per heavy atom. The number of urea groups is 1. The van der Waals surface area contributed by atoms with Gasteiger partial charge in [-0.1, -0.05) is 0 Å². The van der Waals surface area contributed by atoms with Gasteiger partial charge >= 0.3 is 18.0 Å². The van der Waals surface area contributed by atoms with Gasteiger partial charge in [0.05, 0.1) is 12.5 Å². The first-order chi connectivity index (χ1) is 12.5. The summed E-state index contributed by atoms with van der Waals surface area (Å²) < 4.78 is 5.95. The number of nitrogens with zero attached hydrogens (tertiary/aromatic N) is 1. The number of thiophene rings is 1. The van der Waals surface area contributed by atoms with Gasteiger partial charge in [-0.15, -0.1) is 11.3 Å². The standard InChI is InChI=1S/C18H20N2O5S/c1-2-25-17(23)15-10-12-9-13(3-4-14(12)26-15)19-18(24)20-7-5-11(6-8-20)16(21)22/h3-4,9-11H,2,5-8H2,1H3,(H,19,24)(H,21,22). The number of carboxylic acid groups (broad SMARTS) is 1. The first kappa shape index (κ1) is 18.2. The van der Waals surface area contributed by atoms with Crippen LogP contribution in [-0.4, -0.2) is 47.7 Å². The van der Waals surface area contributed by atoms with Gasteiger partial charge in [-0.3, -0.25) is 4.79 Å². The van der Waals surface area contributed by atoms with Crippen molar-refractivity contribution in [2.45, 2.75) is 19.8 Å². The summed E-state index contributed by atoms with van der Waals surface area (Å²) in [6, 6.07) is 6.97. The van der Waals surface area contributed by atoms with Crippen LogP contribution < -0.4 is 5.32 Å². The van der Waals surface area contributed by atoms with Crippen molar-refractivity contribution in [1.29, 1.82) is 0 Å². The van der Waals surface area contributed by atoms with E-state index in [4.69, 9.17) is 9.84 Å². The maximum Gasteiger partial charge on any atom is 0.348 e. The minimum Gasteiger partial charge on any atom is -0.481 e. The first-order valence-electron chi connectivity index (χ1n) is 8.47. The third kappa shape index (κ3) is 3.96. The van der Waals surface area contributed by atoms with E-state index in [1.54, 1.807) is 24.0 Å². The monoisotopic (exact) mass is 376 g/mol. The van der Waals surface area contributed by atoms with Crippen LogP contribution in [-0.2, 0) is 9.53 Å². The number of anilines is 1. The fraction of sp³-hybridized carbons (Fsp3) is 0.389. The second kappa shape index (κ2) is 7.74. The summed E-state index contributed by atoms with van der Waals surface area (Å²) in [5, 5.41) is 12.7. The summed E-state index contributed by atoms with van der Waals surface area (Å²) in [6.07, 6.45) is 0.935. The summed E-state index contributed by atoms with van der Waals surface area (Å²) >= 11 is 1.35. The lowest BCUT2D eigenvalue weighted by Crippen LogP contribution is -2.42. The van der Waals surface area contributed by atoms with Gasteiger partial charge in [0.1, 0.15) is 4.88 Å². The lowest BCUT2D eigenvalue weighted by atomic mass is 9.97. The molecule has 0 unspecified atom stereocenters. The predicted octanol–water partition coefficient (Wildman–Crippen LogP) is 3.41. The number of likely N-dealkylation sites (tertiary alicyclic amines) is 1. The van der Waals surface area contributed by atoms with Crippen molar-refractivity contribution in [1.82, 2.24) is 4.90 Å². The van der Waals surface area contributed by atoms with Crippen LogP contribution in [0.15, 0.2) is 24.3 Å². The normalized spacial score (nSPS) is 15.0. The third-order valence-corrected chi connectivity index (χ3v) is 5.47. The molecule has 1 aliphatic rings. The van der Waals surface area contributed by atoms with E-state index in [2.05, 4.69) is 5.32 Å². The summed E-state index contributed by atoms with van der Waals surface area (Å²) in [7, 11) is 0. The van der Waals surface area contributed by atoms with Gasteiger partial charge in [0.2, 0.25) is 0 Å². The maximum absolute atomic E-state index is 12.4. The average molecular weight is 376 g/mol. The molecule has 1 aromatic carbocycles. The number of hydrogen-bond donors (Lipinski definition) is 2. The molecule has 2 heterocycles. The Labute approximate surface area is 154 Å². The Morgan fingerprint density at radius 1 is 1.27 bits per heavy atom. The van der Waals surface area contributed by atoms with E-state index in [0.29, 0.717) is 43.1 Å². The summed E-state index contributed by atoms with van der Waals surface area (Å²) in [4.78, 5) is 37.3. The Hall–Kier alpha value is -2.61. The van der Waals surface area contributed by atoms with Gasteiger partial charge in [0.25, 0.3) is 0 Å². The lowest BCUT2D eigenvalue weighted by molar-refractivity contribution is -0.143. The molecule has 2 amide bonds. The molecule has 2 aromatic rings. The Kier molecular flexibility index (Phi) is 5.41. The van der Waals surface area contributed by atoms with Crippen LogP contribution in [0, 0.1) is 5.92 Å². The van der Waals surface area contributed by atoms with Gasteiger partial charge < -0.3 is 20.1 Å². The van der Waals surface area contributed by atoms with Gasteiger partial charge in [-0.25, -0.2) is 9.59 Å². The number of amides is 2. The van der Waals surface area contributed by atoms with Crippen molar-refractivity contribution in [2.24, 2.45) is 5.92 Å². The van der Waals surface area contributed by atoms with Crippen molar-refractivity contribution in [3.63, 3.8) is 0 Å². The summed E-state index contributed by atoms with van der Waals surface area (Å²) in [5.41, 5.74) is 0.635. The van der Waals surface area contributed by atoms with Crippen LogP contribution in [0.3, 0.4) is 0 Å². The molecule has 1 saturated heterocycles. The van der Waals surface area contributed by atoms with E-state index in [1.807, 2.05) is 12.1 Å². The van der Waals surface area contributed by atoms with E-state index in [0.717, 1.165) is 10.1 Å². The van der Waals surface area contributed by atoms with Crippen molar-refractivity contribution >= 4 is 45.1 Å². The number of aliphatic carboxylic acids is 1. The zero-order valence-electron chi connectivity index (χ0n) is 14.4. The molecule has 3 rings (SSSR count). The molecule has 0 spiro atoms. The molecule has 0 radical (unpaired) electrons. The molecule has 1 fully saturated rings. The third-order valence-electron chi connectivity index (χ3n) is 4.38. The molecule has 8 heteroatoms. The minimum absolute atomic E-state index is 0.242. The van der Waals surface area contributed by atoms with E-state index >= 15 is 0 Å². The van der Waals surface area contributed by atoms with Gasteiger partial charge in [-0.05, 0) is 49.4 Å². The Bertz CT molecular complexity index is 839. The number of carboxylic acids is 1. The van der Waals surface area contributed by atoms with E-state index < -0.39 is 5.97 Å². The smallest absolute Gasteiger partial charge is 0.348 e. The van der Waals surface area contributed by atoms with Crippen molar-refractivity contribution in [3.8, 4) is 0 Å². The number of ether oxygens (including phenoxy) is 1. The van der Waals surface area contributed by atoms with Crippen LogP contribution >= 0.6 is 11.3 Å². The molecule has 1 aromatic heterocycles. The van der Waals surface area contributed by atoms with Crippen LogP contribution in [0.1, 0.15) is 29.4 Å². The zero-order chi connectivity index (χ0) is 18.7. The molecular weight excluding hydrogens is 356 g/mol. The van der Waals surface area contributed by atoms with Crippen LogP contribution in [0.2, 0.25) is 0 Å². The highest BCUT2D eigenvalue weighted by Gasteiger charge is 2.27. The number of piperidine rings is 1. The SMILES string of the molecule is CCOC(=O)c1cc2cc(NC(=O)N3CCC(C(=O)O)CC3)ccc2s1. The minimum atomic E-state index is -0.801. The highest BCUT2D eigenvalue weighted by atomic mass is 32.1. The van der Waals surface area contributed by atoms with Crippen LogP contribution in [0.4, 0.5) is 10.5 Å². The van der Waals surface area contributed by atoms with Gasteiger partial charge in [-0.2, -0.15) is 0 Å². The predicted molar refractivity (Wildman–Crippen MR) is 98.7 cm³/mol. The van der Waals surface area contributed by atoms with Crippen molar-refractivity contribution < 1.29 is 24.2 Å². The van der Waals surface area contributed by atoms with Crippen LogP contribution in [0.25, 0.3) is 10.1 Å². The number of carbonyl (C=O) groups excluding carboxylic acids is 2. The summed E-state index contributed by atoms with van der Waals surface area (Å²) in [5.74, 6) is -1.52. The molecule has 0 bridgehead atoms.